The third kappa shape index (κ3) is 7.33. The Balaban J connectivity index is 3.81. The number of carbonyl (C=O) groups excluding carboxylic acids is 1. The van der Waals surface area contributed by atoms with Gasteiger partial charge in [-0.15, -0.1) is 0 Å². The summed E-state index contributed by atoms with van der Waals surface area (Å²) in [6.07, 6.45) is 3.29. The van der Waals surface area contributed by atoms with E-state index in [-0.39, 0.29) is 18.6 Å². The monoisotopic (exact) mass is 217 g/mol. The number of aliphatic hydroxyl groups is 1. The maximum absolute atomic E-state index is 11.5. The largest absolute Gasteiger partial charge is 0.465 e. The van der Waals surface area contributed by atoms with Crippen molar-refractivity contribution in [3.8, 4) is 0 Å². The minimum Gasteiger partial charge on any atom is -0.465 e. The number of esters is 1. The van der Waals surface area contributed by atoms with Gasteiger partial charge in [0, 0.05) is 6.61 Å². The van der Waals surface area contributed by atoms with Gasteiger partial charge in [-0.05, 0) is 25.8 Å². The first-order chi connectivity index (χ1) is 7.26. The second-order valence-corrected chi connectivity index (χ2v) is 3.54. The van der Waals surface area contributed by atoms with Crippen LogP contribution in [0.5, 0.6) is 0 Å². The number of rotatable bonds is 9. The zero-order chi connectivity index (χ0) is 11.5. The fourth-order valence-electron chi connectivity index (χ4n) is 1.17. The van der Waals surface area contributed by atoms with Crippen LogP contribution in [0, 0.1) is 0 Å². The Labute approximate surface area is 92.0 Å². The predicted octanol–water partition coefficient (Wildman–Crippen LogP) is 1.08. The summed E-state index contributed by atoms with van der Waals surface area (Å²) in [6.45, 7) is 5.34. The highest BCUT2D eigenvalue weighted by Crippen LogP contribution is 1.97. The van der Waals surface area contributed by atoms with E-state index >= 15 is 0 Å². The lowest BCUT2D eigenvalue weighted by atomic mass is 10.2. The van der Waals surface area contributed by atoms with Gasteiger partial charge in [0.2, 0.25) is 0 Å². The predicted molar refractivity (Wildman–Crippen MR) is 59.7 cm³/mol. The van der Waals surface area contributed by atoms with Crippen LogP contribution < -0.4 is 5.32 Å². The van der Waals surface area contributed by atoms with Gasteiger partial charge in [0.25, 0.3) is 0 Å². The van der Waals surface area contributed by atoms with Crippen molar-refractivity contribution < 1.29 is 14.6 Å². The summed E-state index contributed by atoms with van der Waals surface area (Å²) >= 11 is 0. The molecule has 4 nitrogen and oxygen atoms in total. The van der Waals surface area contributed by atoms with Gasteiger partial charge >= 0.3 is 5.97 Å². The Morgan fingerprint density at radius 3 is 2.67 bits per heavy atom. The van der Waals surface area contributed by atoms with Gasteiger partial charge in [-0.3, -0.25) is 4.79 Å². The Hall–Kier alpha value is -0.610. The third-order valence-corrected chi connectivity index (χ3v) is 2.09. The fourth-order valence-corrected chi connectivity index (χ4v) is 1.17. The summed E-state index contributed by atoms with van der Waals surface area (Å²) in [6, 6.07) is -0.355. The van der Waals surface area contributed by atoms with Crippen molar-refractivity contribution in [1.29, 1.82) is 0 Å². The van der Waals surface area contributed by atoms with E-state index in [4.69, 9.17) is 9.84 Å². The van der Waals surface area contributed by atoms with Crippen molar-refractivity contribution in [3.63, 3.8) is 0 Å². The van der Waals surface area contributed by atoms with Crippen LogP contribution >= 0.6 is 0 Å². The maximum Gasteiger partial charge on any atom is 0.323 e. The number of nitrogens with one attached hydrogen (secondary N) is 1. The first-order valence-electron chi connectivity index (χ1n) is 5.77. The molecule has 15 heavy (non-hydrogen) atoms. The van der Waals surface area contributed by atoms with E-state index in [1.54, 1.807) is 0 Å². The molecular weight excluding hydrogens is 194 g/mol. The van der Waals surface area contributed by atoms with Crippen molar-refractivity contribution in [2.45, 2.75) is 45.6 Å². The summed E-state index contributed by atoms with van der Waals surface area (Å²) < 4.78 is 5.08. The smallest absolute Gasteiger partial charge is 0.323 e. The molecule has 1 atom stereocenters. The first-order valence-corrected chi connectivity index (χ1v) is 5.77. The molecule has 0 radical (unpaired) electrons. The molecule has 0 saturated carbocycles. The van der Waals surface area contributed by atoms with E-state index in [1.165, 1.54) is 0 Å². The van der Waals surface area contributed by atoms with E-state index in [0.29, 0.717) is 13.0 Å². The Morgan fingerprint density at radius 1 is 1.40 bits per heavy atom. The second kappa shape index (κ2) is 9.93. The fraction of sp³-hybridized carbons (Fsp3) is 0.909. The van der Waals surface area contributed by atoms with Crippen LogP contribution in [0.25, 0.3) is 0 Å². The van der Waals surface area contributed by atoms with E-state index in [9.17, 15) is 4.79 Å². The zero-order valence-electron chi connectivity index (χ0n) is 9.79. The molecule has 0 aromatic carbocycles. The van der Waals surface area contributed by atoms with E-state index in [2.05, 4.69) is 5.32 Å². The van der Waals surface area contributed by atoms with Crippen LogP contribution in [-0.4, -0.2) is 36.9 Å². The Bertz CT molecular complexity index is 162. The number of carbonyl (C=O) groups is 1. The highest BCUT2D eigenvalue weighted by atomic mass is 16.5. The van der Waals surface area contributed by atoms with Crippen LogP contribution in [0.3, 0.4) is 0 Å². The normalized spacial score (nSPS) is 12.5. The van der Waals surface area contributed by atoms with E-state index in [1.807, 2.05) is 13.8 Å². The van der Waals surface area contributed by atoms with Gasteiger partial charge in [0.05, 0.1) is 6.61 Å². The first kappa shape index (κ1) is 14.4. The van der Waals surface area contributed by atoms with E-state index < -0.39 is 0 Å². The average molecular weight is 217 g/mol. The van der Waals surface area contributed by atoms with Gasteiger partial charge in [0.1, 0.15) is 6.04 Å². The molecule has 0 saturated heterocycles. The number of unbranched alkanes of at least 4 members (excludes halogenated alkanes) is 1. The Kier molecular flexibility index (Phi) is 9.52. The highest BCUT2D eigenvalue weighted by molar-refractivity contribution is 5.75. The van der Waals surface area contributed by atoms with Crippen LogP contribution in [0.15, 0.2) is 0 Å². The summed E-state index contributed by atoms with van der Waals surface area (Å²) in [5.41, 5.74) is 0. The maximum atomic E-state index is 11.5. The van der Waals surface area contributed by atoms with Crippen molar-refractivity contribution in [2.24, 2.45) is 0 Å². The lowest BCUT2D eigenvalue weighted by Gasteiger charge is -2.16. The Morgan fingerprint density at radius 2 is 2.13 bits per heavy atom. The van der Waals surface area contributed by atoms with Gasteiger partial charge in [-0.25, -0.2) is 0 Å². The summed E-state index contributed by atoms with van der Waals surface area (Å²) in [4.78, 5) is 11.5. The molecule has 4 heteroatoms. The number of aliphatic hydroxyl groups excluding tert-OH is 1. The van der Waals surface area contributed by atoms with Crippen LogP contribution in [-0.2, 0) is 9.53 Å². The molecule has 0 aromatic rings. The van der Waals surface area contributed by atoms with Crippen molar-refractivity contribution >= 4 is 5.97 Å². The molecule has 90 valence electrons. The molecule has 0 heterocycles. The van der Waals surface area contributed by atoms with Gasteiger partial charge in [0.15, 0.2) is 0 Å². The average Bonchev–Trinajstić information content (AvgIpc) is 2.24. The molecule has 0 aromatic heterocycles. The molecule has 0 aliphatic heterocycles. The van der Waals surface area contributed by atoms with Gasteiger partial charge in [-0.1, -0.05) is 20.3 Å². The van der Waals surface area contributed by atoms with Crippen LogP contribution in [0.4, 0.5) is 0 Å². The lowest BCUT2D eigenvalue weighted by Crippen LogP contribution is -2.39. The SMILES string of the molecule is CCCCOC(=O)[C@H](CCO)NCCC. The quantitative estimate of drug-likeness (QED) is 0.448. The summed E-state index contributed by atoms with van der Waals surface area (Å²) in [5, 5.41) is 11.9. The van der Waals surface area contributed by atoms with Crippen LogP contribution in [0.2, 0.25) is 0 Å². The molecule has 0 amide bonds. The number of ether oxygens (including phenoxy) is 1. The van der Waals surface area contributed by atoms with Crippen molar-refractivity contribution in [3.05, 3.63) is 0 Å². The molecule has 0 unspecified atom stereocenters. The molecule has 0 bridgehead atoms. The molecule has 0 rings (SSSR count). The zero-order valence-corrected chi connectivity index (χ0v) is 9.79. The lowest BCUT2D eigenvalue weighted by molar-refractivity contribution is -0.146. The van der Waals surface area contributed by atoms with Crippen molar-refractivity contribution in [2.75, 3.05) is 19.8 Å². The van der Waals surface area contributed by atoms with E-state index in [0.717, 1.165) is 25.8 Å². The summed E-state index contributed by atoms with van der Waals surface area (Å²) in [7, 11) is 0. The second-order valence-electron chi connectivity index (χ2n) is 3.54. The standard InChI is InChI=1S/C11H23NO3/c1-3-5-9-15-11(14)10(6-8-13)12-7-4-2/h10,12-13H,3-9H2,1-2H3/t10-/m0/s1. The molecule has 0 aliphatic rings. The minimum absolute atomic E-state index is 0.00422. The van der Waals surface area contributed by atoms with Crippen LogP contribution in [0.1, 0.15) is 39.5 Å². The molecule has 2 N–H and O–H groups in total. The molecule has 0 fully saturated rings. The highest BCUT2D eigenvalue weighted by Gasteiger charge is 2.17. The topological polar surface area (TPSA) is 58.6 Å². The van der Waals surface area contributed by atoms with Gasteiger partial charge in [-0.2, -0.15) is 0 Å². The summed E-state index contributed by atoms with van der Waals surface area (Å²) in [5.74, 6) is -0.244. The number of hydrogen-bond acceptors (Lipinski definition) is 4. The number of hydrogen-bond donors (Lipinski definition) is 2. The van der Waals surface area contributed by atoms with Gasteiger partial charge < -0.3 is 15.2 Å². The molecule has 0 spiro atoms. The third-order valence-electron chi connectivity index (χ3n) is 2.09. The van der Waals surface area contributed by atoms with Crippen molar-refractivity contribution in [1.82, 2.24) is 5.32 Å². The minimum atomic E-state index is -0.355. The molecule has 0 aliphatic carbocycles. The molecular formula is C11H23NO3.